The molecular weight excluding hydrogens is 278 g/mol. The second-order valence-corrected chi connectivity index (χ2v) is 7.98. The van der Waals surface area contributed by atoms with E-state index >= 15 is 0 Å². The molecule has 1 saturated heterocycles. The lowest BCUT2D eigenvalue weighted by Crippen LogP contribution is -2.41. The molecule has 1 aliphatic heterocycles. The minimum atomic E-state index is -3.01. The van der Waals surface area contributed by atoms with E-state index in [-0.39, 0.29) is 29.4 Å². The summed E-state index contributed by atoms with van der Waals surface area (Å²) in [4.78, 5) is 14.0. The van der Waals surface area contributed by atoms with Crippen LogP contribution >= 0.6 is 0 Å². The topological polar surface area (TPSA) is 67.6 Å². The molecule has 0 saturated carbocycles. The summed E-state index contributed by atoms with van der Waals surface area (Å²) in [6, 6.07) is 3.35. The Bertz CT molecular complexity index is 548. The van der Waals surface area contributed by atoms with Crippen molar-refractivity contribution < 1.29 is 17.6 Å². The Morgan fingerprint density at radius 2 is 2.25 bits per heavy atom. The van der Waals surface area contributed by atoms with Crippen molar-refractivity contribution >= 4 is 15.7 Å². The predicted molar refractivity (Wildman–Crippen MR) is 75.8 cm³/mol. The summed E-state index contributed by atoms with van der Waals surface area (Å²) in [5.74, 6) is 1.17. The predicted octanol–water partition coefficient (Wildman–Crippen LogP) is 1.84. The van der Waals surface area contributed by atoms with Crippen LogP contribution in [-0.2, 0) is 21.2 Å². The van der Waals surface area contributed by atoms with Crippen molar-refractivity contribution in [3.63, 3.8) is 0 Å². The van der Waals surface area contributed by atoms with E-state index in [9.17, 15) is 13.2 Å². The molecule has 1 aromatic rings. The highest BCUT2D eigenvalue weighted by atomic mass is 32.2. The highest BCUT2D eigenvalue weighted by Crippen LogP contribution is 2.22. The third kappa shape index (κ3) is 3.85. The molecule has 2 heterocycles. The van der Waals surface area contributed by atoms with E-state index in [0.29, 0.717) is 25.1 Å². The van der Waals surface area contributed by atoms with Gasteiger partial charge in [-0.25, -0.2) is 8.42 Å². The van der Waals surface area contributed by atoms with Gasteiger partial charge in [0.25, 0.3) is 0 Å². The van der Waals surface area contributed by atoms with Gasteiger partial charge in [-0.15, -0.1) is 0 Å². The van der Waals surface area contributed by atoms with Gasteiger partial charge in [0.2, 0.25) is 5.91 Å². The van der Waals surface area contributed by atoms with Gasteiger partial charge in [0.15, 0.2) is 9.84 Å². The fraction of sp³-hybridized carbons (Fsp3) is 0.643. The van der Waals surface area contributed by atoms with E-state index < -0.39 is 9.84 Å². The molecule has 1 fully saturated rings. The number of rotatable bonds is 5. The SMILES string of the molecule is CC(C)CC(=O)N(Cc1ccco1)C1CCS(=O)(=O)C1. The number of nitrogens with zero attached hydrogens (tertiary/aromatic N) is 1. The molecule has 5 nitrogen and oxygen atoms in total. The smallest absolute Gasteiger partial charge is 0.223 e. The molecule has 0 N–H and O–H groups in total. The first-order valence-electron chi connectivity index (χ1n) is 6.89. The number of carbonyl (C=O) groups is 1. The lowest BCUT2D eigenvalue weighted by Gasteiger charge is -2.28. The van der Waals surface area contributed by atoms with Crippen molar-refractivity contribution in [1.82, 2.24) is 4.90 Å². The Hall–Kier alpha value is -1.30. The van der Waals surface area contributed by atoms with Crippen molar-refractivity contribution in [3.8, 4) is 0 Å². The average molecular weight is 299 g/mol. The second-order valence-electron chi connectivity index (χ2n) is 5.76. The first kappa shape index (κ1) is 15.1. The van der Waals surface area contributed by atoms with E-state index in [4.69, 9.17) is 4.42 Å². The van der Waals surface area contributed by atoms with Gasteiger partial charge in [0.05, 0.1) is 24.3 Å². The third-order valence-corrected chi connectivity index (χ3v) is 5.21. The third-order valence-electron chi connectivity index (χ3n) is 3.46. The van der Waals surface area contributed by atoms with Crippen LogP contribution in [0.2, 0.25) is 0 Å². The van der Waals surface area contributed by atoms with Crippen LogP contribution in [0.5, 0.6) is 0 Å². The van der Waals surface area contributed by atoms with Crippen molar-refractivity contribution in [2.45, 2.75) is 39.3 Å². The number of sulfone groups is 1. The molecule has 0 aliphatic carbocycles. The van der Waals surface area contributed by atoms with E-state index in [1.54, 1.807) is 23.3 Å². The zero-order chi connectivity index (χ0) is 14.8. The molecular formula is C14H21NO4S. The molecule has 20 heavy (non-hydrogen) atoms. The Labute approximate surface area is 119 Å². The molecule has 1 atom stereocenters. The van der Waals surface area contributed by atoms with Crippen LogP contribution in [0.25, 0.3) is 0 Å². The maximum Gasteiger partial charge on any atom is 0.223 e. The minimum Gasteiger partial charge on any atom is -0.467 e. The van der Waals surface area contributed by atoms with Crippen molar-refractivity contribution in [2.75, 3.05) is 11.5 Å². The lowest BCUT2D eigenvalue weighted by atomic mass is 10.1. The number of carbonyl (C=O) groups excluding carboxylic acids is 1. The Morgan fingerprint density at radius 3 is 2.75 bits per heavy atom. The van der Waals surface area contributed by atoms with Crippen LogP contribution in [-0.4, -0.2) is 36.8 Å². The molecule has 1 aromatic heterocycles. The summed E-state index contributed by atoms with van der Waals surface area (Å²) in [5.41, 5.74) is 0. The summed E-state index contributed by atoms with van der Waals surface area (Å²) in [7, 11) is -3.01. The van der Waals surface area contributed by atoms with Gasteiger partial charge in [-0.2, -0.15) is 0 Å². The second kappa shape index (κ2) is 5.99. The lowest BCUT2D eigenvalue weighted by molar-refractivity contribution is -0.134. The Morgan fingerprint density at radius 1 is 1.50 bits per heavy atom. The normalized spacial score (nSPS) is 21.2. The molecule has 6 heteroatoms. The summed E-state index contributed by atoms with van der Waals surface area (Å²) in [6.45, 7) is 4.31. The summed E-state index contributed by atoms with van der Waals surface area (Å²) in [5, 5.41) is 0. The van der Waals surface area contributed by atoms with E-state index in [1.807, 2.05) is 13.8 Å². The van der Waals surface area contributed by atoms with Crippen LogP contribution in [0, 0.1) is 5.92 Å². The van der Waals surface area contributed by atoms with Gasteiger partial charge in [0, 0.05) is 12.5 Å². The Balaban J connectivity index is 2.13. The van der Waals surface area contributed by atoms with Crippen LogP contribution < -0.4 is 0 Å². The van der Waals surface area contributed by atoms with E-state index in [2.05, 4.69) is 0 Å². The molecule has 0 bridgehead atoms. The molecule has 1 aliphatic rings. The molecule has 0 radical (unpaired) electrons. The largest absolute Gasteiger partial charge is 0.467 e. The molecule has 0 aromatic carbocycles. The van der Waals surface area contributed by atoms with Crippen molar-refractivity contribution in [1.29, 1.82) is 0 Å². The van der Waals surface area contributed by atoms with Gasteiger partial charge in [-0.1, -0.05) is 13.8 Å². The molecule has 1 unspecified atom stereocenters. The van der Waals surface area contributed by atoms with Gasteiger partial charge in [0.1, 0.15) is 5.76 Å². The number of hydrogen-bond acceptors (Lipinski definition) is 4. The first-order valence-corrected chi connectivity index (χ1v) is 8.72. The monoisotopic (exact) mass is 299 g/mol. The quantitative estimate of drug-likeness (QED) is 0.832. The van der Waals surface area contributed by atoms with Crippen LogP contribution in [0.4, 0.5) is 0 Å². The highest BCUT2D eigenvalue weighted by Gasteiger charge is 2.35. The van der Waals surface area contributed by atoms with E-state index in [1.165, 1.54) is 0 Å². The maximum absolute atomic E-state index is 12.4. The highest BCUT2D eigenvalue weighted by molar-refractivity contribution is 7.91. The van der Waals surface area contributed by atoms with Gasteiger partial charge in [-0.05, 0) is 24.5 Å². The zero-order valence-corrected chi connectivity index (χ0v) is 12.7. The van der Waals surface area contributed by atoms with Crippen molar-refractivity contribution in [3.05, 3.63) is 24.2 Å². The van der Waals surface area contributed by atoms with Crippen LogP contribution in [0.1, 0.15) is 32.4 Å². The fourth-order valence-corrected chi connectivity index (χ4v) is 4.21. The van der Waals surface area contributed by atoms with Crippen LogP contribution in [0.15, 0.2) is 22.8 Å². The van der Waals surface area contributed by atoms with Crippen molar-refractivity contribution in [2.24, 2.45) is 5.92 Å². The van der Waals surface area contributed by atoms with Gasteiger partial charge in [-0.3, -0.25) is 4.79 Å². The minimum absolute atomic E-state index is 0.00139. The summed E-state index contributed by atoms with van der Waals surface area (Å²) >= 11 is 0. The first-order chi connectivity index (χ1) is 9.37. The molecule has 0 spiro atoms. The zero-order valence-electron chi connectivity index (χ0n) is 11.9. The standard InChI is InChI=1S/C14H21NO4S/c1-11(2)8-14(16)15(9-13-4-3-6-19-13)12-5-7-20(17,18)10-12/h3-4,6,11-12H,5,7-10H2,1-2H3. The number of amides is 1. The molecule has 1 amide bonds. The van der Waals surface area contributed by atoms with Gasteiger partial charge < -0.3 is 9.32 Å². The molecule has 2 rings (SSSR count). The van der Waals surface area contributed by atoms with Gasteiger partial charge >= 0.3 is 0 Å². The van der Waals surface area contributed by atoms with Crippen LogP contribution in [0.3, 0.4) is 0 Å². The maximum atomic E-state index is 12.4. The average Bonchev–Trinajstić information content (AvgIpc) is 2.94. The summed E-state index contributed by atoms with van der Waals surface area (Å²) in [6.07, 6.45) is 2.51. The Kier molecular flexibility index (Phi) is 4.52. The number of furan rings is 1. The summed E-state index contributed by atoms with van der Waals surface area (Å²) < 4.78 is 28.5. The van der Waals surface area contributed by atoms with E-state index in [0.717, 1.165) is 0 Å². The number of hydrogen-bond donors (Lipinski definition) is 0. The molecule has 112 valence electrons. The fourth-order valence-electron chi connectivity index (χ4n) is 2.48.